The summed E-state index contributed by atoms with van der Waals surface area (Å²) in [6.07, 6.45) is 0. The summed E-state index contributed by atoms with van der Waals surface area (Å²) in [7, 11) is 1.52. The predicted octanol–water partition coefficient (Wildman–Crippen LogP) is 5.14. The van der Waals surface area contributed by atoms with Crippen LogP contribution in [-0.4, -0.2) is 19.5 Å². The predicted molar refractivity (Wildman–Crippen MR) is 89.7 cm³/mol. The van der Waals surface area contributed by atoms with E-state index >= 15 is 0 Å². The van der Waals surface area contributed by atoms with Crippen molar-refractivity contribution in [3.63, 3.8) is 0 Å². The summed E-state index contributed by atoms with van der Waals surface area (Å²) in [5, 5.41) is 0.396. The Morgan fingerprint density at radius 2 is 1.86 bits per heavy atom. The van der Waals surface area contributed by atoms with Crippen LogP contribution in [0.15, 0.2) is 45.3 Å². The molecule has 0 bridgehead atoms. The molecule has 0 saturated carbocycles. The second-order valence-electron chi connectivity index (χ2n) is 4.14. The van der Waals surface area contributed by atoms with Crippen molar-refractivity contribution < 1.29 is 14.3 Å². The zero-order valence-corrected chi connectivity index (χ0v) is 15.0. The molecule has 0 atom stereocenters. The van der Waals surface area contributed by atoms with Crippen LogP contribution in [0.5, 0.6) is 11.5 Å². The number of benzene rings is 2. The summed E-state index contributed by atoms with van der Waals surface area (Å²) >= 11 is 12.7. The number of carbonyl (C=O) groups is 1. The lowest BCUT2D eigenvalue weighted by atomic mass is 10.1. The summed E-state index contributed by atoms with van der Waals surface area (Å²) in [6.45, 7) is -0.0666. The number of hydrogen-bond donors (Lipinski definition) is 0. The Bertz CT molecular complexity index is 674. The second kappa shape index (κ2) is 7.29. The second-order valence-corrected chi connectivity index (χ2v) is 6.31. The SMILES string of the molecule is COc1ccc(C(=O)COc2ccc(Br)cc2Br)cc1Cl. The molecule has 0 aliphatic carbocycles. The minimum atomic E-state index is -0.158. The van der Waals surface area contributed by atoms with Gasteiger partial charge < -0.3 is 9.47 Å². The van der Waals surface area contributed by atoms with Crippen LogP contribution in [0.1, 0.15) is 10.4 Å². The molecule has 2 rings (SSSR count). The summed E-state index contributed by atoms with van der Waals surface area (Å²) in [5.41, 5.74) is 0.481. The number of methoxy groups -OCH3 is 1. The Morgan fingerprint density at radius 1 is 1.14 bits per heavy atom. The van der Waals surface area contributed by atoms with E-state index in [-0.39, 0.29) is 12.4 Å². The van der Waals surface area contributed by atoms with Gasteiger partial charge in [0.2, 0.25) is 0 Å². The van der Waals surface area contributed by atoms with Gasteiger partial charge in [-0.3, -0.25) is 4.79 Å². The Morgan fingerprint density at radius 3 is 2.48 bits per heavy atom. The number of carbonyl (C=O) groups excluding carboxylic acids is 1. The van der Waals surface area contributed by atoms with Gasteiger partial charge in [0.15, 0.2) is 12.4 Å². The average molecular weight is 435 g/mol. The first-order valence-electron chi connectivity index (χ1n) is 5.96. The molecule has 0 amide bonds. The van der Waals surface area contributed by atoms with Gasteiger partial charge >= 0.3 is 0 Å². The maximum absolute atomic E-state index is 12.1. The molecule has 0 aliphatic rings. The molecule has 6 heteroatoms. The van der Waals surface area contributed by atoms with Gasteiger partial charge in [0.1, 0.15) is 11.5 Å². The van der Waals surface area contributed by atoms with Crippen molar-refractivity contribution in [1.82, 2.24) is 0 Å². The van der Waals surface area contributed by atoms with Crippen LogP contribution in [-0.2, 0) is 0 Å². The van der Waals surface area contributed by atoms with Crippen molar-refractivity contribution in [1.29, 1.82) is 0 Å². The van der Waals surface area contributed by atoms with Crippen LogP contribution in [0.2, 0.25) is 5.02 Å². The molecule has 0 heterocycles. The highest BCUT2D eigenvalue weighted by Crippen LogP contribution is 2.29. The standard InChI is InChI=1S/C15H11Br2ClO3/c1-20-15-4-2-9(6-12(15)18)13(19)8-21-14-5-3-10(16)7-11(14)17/h2-7H,8H2,1H3. The average Bonchev–Trinajstić information content (AvgIpc) is 2.46. The first-order valence-corrected chi connectivity index (χ1v) is 7.92. The Balaban J connectivity index is 2.06. The van der Waals surface area contributed by atoms with Crippen molar-refractivity contribution in [3.05, 3.63) is 55.9 Å². The van der Waals surface area contributed by atoms with Crippen LogP contribution in [0.3, 0.4) is 0 Å². The lowest BCUT2D eigenvalue weighted by molar-refractivity contribution is 0.0921. The maximum atomic E-state index is 12.1. The van der Waals surface area contributed by atoms with Gasteiger partial charge in [-0.25, -0.2) is 0 Å². The fourth-order valence-electron chi connectivity index (χ4n) is 1.66. The van der Waals surface area contributed by atoms with Gasteiger partial charge in [-0.05, 0) is 52.3 Å². The van der Waals surface area contributed by atoms with Crippen molar-refractivity contribution in [2.24, 2.45) is 0 Å². The Labute approximate surface area is 144 Å². The first-order chi connectivity index (χ1) is 10.0. The quantitative estimate of drug-likeness (QED) is 0.612. The molecule has 21 heavy (non-hydrogen) atoms. The smallest absolute Gasteiger partial charge is 0.200 e. The van der Waals surface area contributed by atoms with E-state index in [1.54, 1.807) is 24.3 Å². The van der Waals surface area contributed by atoms with Crippen LogP contribution >= 0.6 is 43.5 Å². The number of hydrogen-bond acceptors (Lipinski definition) is 3. The molecule has 0 aromatic heterocycles. The summed E-state index contributed by atoms with van der Waals surface area (Å²) in [5.74, 6) is 0.977. The molecule has 110 valence electrons. The van der Waals surface area contributed by atoms with E-state index in [0.717, 1.165) is 8.95 Å². The minimum absolute atomic E-state index is 0.0666. The van der Waals surface area contributed by atoms with E-state index < -0.39 is 0 Å². The van der Waals surface area contributed by atoms with Crippen LogP contribution < -0.4 is 9.47 Å². The number of Topliss-reactive ketones (excluding diaryl/α,β-unsaturated/α-hetero) is 1. The van der Waals surface area contributed by atoms with Crippen molar-refractivity contribution in [2.45, 2.75) is 0 Å². The summed E-state index contributed by atoms with van der Waals surface area (Å²) in [4.78, 5) is 12.1. The molecule has 0 spiro atoms. The molecular weight excluding hydrogens is 423 g/mol. The molecule has 3 nitrogen and oxygen atoms in total. The van der Waals surface area contributed by atoms with Gasteiger partial charge in [-0.15, -0.1) is 0 Å². The number of halogens is 3. The van der Waals surface area contributed by atoms with Crippen LogP contribution in [0.25, 0.3) is 0 Å². The van der Waals surface area contributed by atoms with Crippen molar-refractivity contribution in [2.75, 3.05) is 13.7 Å². The highest BCUT2D eigenvalue weighted by molar-refractivity contribution is 9.11. The van der Waals surface area contributed by atoms with Gasteiger partial charge in [0.25, 0.3) is 0 Å². The third kappa shape index (κ3) is 4.22. The lowest BCUT2D eigenvalue weighted by Crippen LogP contribution is -2.11. The normalized spacial score (nSPS) is 10.3. The molecular formula is C15H11Br2ClO3. The zero-order valence-electron chi connectivity index (χ0n) is 11.0. The van der Waals surface area contributed by atoms with Gasteiger partial charge in [-0.2, -0.15) is 0 Å². The highest BCUT2D eigenvalue weighted by atomic mass is 79.9. The van der Waals surface area contributed by atoms with E-state index in [9.17, 15) is 4.79 Å². The van der Waals surface area contributed by atoms with Crippen LogP contribution in [0.4, 0.5) is 0 Å². The molecule has 2 aromatic carbocycles. The van der Waals surface area contributed by atoms with Gasteiger partial charge in [0.05, 0.1) is 16.6 Å². The van der Waals surface area contributed by atoms with Crippen molar-refractivity contribution in [3.8, 4) is 11.5 Å². The number of ether oxygens (including phenoxy) is 2. The molecule has 0 unspecified atom stereocenters. The largest absolute Gasteiger partial charge is 0.495 e. The third-order valence-corrected chi connectivity index (χ3v) is 4.13. The van der Waals surface area contributed by atoms with E-state index in [1.807, 2.05) is 12.1 Å². The number of ketones is 1. The fraction of sp³-hybridized carbons (Fsp3) is 0.133. The van der Waals surface area contributed by atoms with Crippen molar-refractivity contribution >= 4 is 49.2 Å². The summed E-state index contributed by atoms with van der Waals surface area (Å²) < 4.78 is 12.3. The Kier molecular flexibility index (Phi) is 5.67. The lowest BCUT2D eigenvalue weighted by Gasteiger charge is -2.09. The van der Waals surface area contributed by atoms with Crippen LogP contribution in [0, 0.1) is 0 Å². The summed E-state index contributed by atoms with van der Waals surface area (Å²) in [6, 6.07) is 10.4. The first kappa shape index (κ1) is 16.3. The van der Waals surface area contributed by atoms with E-state index in [0.29, 0.717) is 22.1 Å². The highest BCUT2D eigenvalue weighted by Gasteiger charge is 2.11. The minimum Gasteiger partial charge on any atom is -0.495 e. The van der Waals surface area contributed by atoms with Gasteiger partial charge in [-0.1, -0.05) is 27.5 Å². The topological polar surface area (TPSA) is 35.5 Å². The monoisotopic (exact) mass is 432 g/mol. The number of rotatable bonds is 5. The maximum Gasteiger partial charge on any atom is 0.200 e. The molecule has 0 saturated heterocycles. The molecule has 0 aliphatic heterocycles. The molecule has 2 aromatic rings. The fourth-order valence-corrected chi connectivity index (χ4v) is 3.08. The van der Waals surface area contributed by atoms with E-state index in [4.69, 9.17) is 21.1 Å². The van der Waals surface area contributed by atoms with E-state index in [1.165, 1.54) is 7.11 Å². The third-order valence-electron chi connectivity index (χ3n) is 2.73. The van der Waals surface area contributed by atoms with E-state index in [2.05, 4.69) is 31.9 Å². The molecule has 0 radical (unpaired) electrons. The zero-order chi connectivity index (χ0) is 15.4. The molecule has 0 N–H and O–H groups in total. The Hall–Kier alpha value is -1.04. The molecule has 0 fully saturated rings. The van der Waals surface area contributed by atoms with Gasteiger partial charge in [0, 0.05) is 10.0 Å².